The van der Waals surface area contributed by atoms with Crippen LogP contribution in [0, 0.1) is 0 Å². The van der Waals surface area contributed by atoms with Crippen molar-refractivity contribution in [2.24, 2.45) is 0 Å². The average molecular weight is 336 g/mol. The van der Waals surface area contributed by atoms with Gasteiger partial charge < -0.3 is 10.2 Å². The van der Waals surface area contributed by atoms with E-state index in [4.69, 9.17) is 23.2 Å². The van der Waals surface area contributed by atoms with E-state index < -0.39 is 0 Å². The van der Waals surface area contributed by atoms with Crippen LogP contribution in [0.1, 0.15) is 29.6 Å². The molecule has 0 aliphatic carbocycles. The molecule has 2 atom stereocenters. The van der Waals surface area contributed by atoms with E-state index in [0.717, 1.165) is 25.9 Å². The minimum absolute atomic E-state index is 0. The lowest BCUT2D eigenvalue weighted by Crippen LogP contribution is -2.39. The van der Waals surface area contributed by atoms with E-state index in [1.54, 1.807) is 18.2 Å². The van der Waals surface area contributed by atoms with Crippen LogP contribution in [0.25, 0.3) is 0 Å². The van der Waals surface area contributed by atoms with Gasteiger partial charge in [0.15, 0.2) is 0 Å². The fourth-order valence-electron chi connectivity index (χ4n) is 2.97. The van der Waals surface area contributed by atoms with Crippen LogP contribution in [0.4, 0.5) is 0 Å². The third-order valence-electron chi connectivity index (χ3n) is 3.99. The molecule has 20 heavy (non-hydrogen) atoms. The van der Waals surface area contributed by atoms with E-state index in [2.05, 4.69) is 5.32 Å². The number of amides is 1. The quantitative estimate of drug-likeness (QED) is 0.853. The molecule has 1 N–H and O–H groups in total. The van der Waals surface area contributed by atoms with Gasteiger partial charge in [-0.15, -0.1) is 12.4 Å². The predicted octanol–water partition coefficient (Wildman–Crippen LogP) is 3.38. The first-order chi connectivity index (χ1) is 9.15. The van der Waals surface area contributed by atoms with Crippen LogP contribution in [0.2, 0.25) is 10.0 Å². The minimum Gasteiger partial charge on any atom is -0.337 e. The molecule has 0 aromatic heterocycles. The zero-order chi connectivity index (χ0) is 13.4. The monoisotopic (exact) mass is 334 g/mol. The van der Waals surface area contributed by atoms with Crippen molar-refractivity contribution in [1.29, 1.82) is 0 Å². The van der Waals surface area contributed by atoms with Crippen molar-refractivity contribution in [3.05, 3.63) is 33.8 Å². The largest absolute Gasteiger partial charge is 0.337 e. The Labute approximate surface area is 135 Å². The minimum atomic E-state index is -0.0122. The summed E-state index contributed by atoms with van der Waals surface area (Å²) >= 11 is 12.1. The first kappa shape index (κ1) is 15.9. The average Bonchev–Trinajstić information content (AvgIpc) is 2.72. The predicted molar refractivity (Wildman–Crippen MR) is 84.2 cm³/mol. The number of hydrogen-bond acceptors (Lipinski definition) is 2. The molecule has 110 valence electrons. The summed E-state index contributed by atoms with van der Waals surface area (Å²) < 4.78 is 0. The molecule has 2 heterocycles. The molecule has 1 aromatic carbocycles. The Hall–Kier alpha value is -0.480. The lowest BCUT2D eigenvalue weighted by atomic mass is 10.1. The number of carbonyl (C=O) groups is 1. The molecule has 1 amide bonds. The number of halogens is 3. The molecule has 1 aromatic rings. The third kappa shape index (κ3) is 3.06. The van der Waals surface area contributed by atoms with Gasteiger partial charge in [-0.1, -0.05) is 29.3 Å². The second-order valence-corrected chi connectivity index (χ2v) is 6.06. The van der Waals surface area contributed by atoms with Crippen LogP contribution >= 0.6 is 35.6 Å². The van der Waals surface area contributed by atoms with Gasteiger partial charge in [0.2, 0.25) is 0 Å². The number of likely N-dealkylation sites (tertiary alicyclic amines) is 1. The molecule has 0 saturated carbocycles. The fourth-order valence-corrected chi connectivity index (χ4v) is 3.35. The maximum Gasteiger partial charge on any atom is 0.255 e. The van der Waals surface area contributed by atoms with Crippen molar-refractivity contribution < 1.29 is 4.79 Å². The molecule has 2 aliphatic rings. The summed E-state index contributed by atoms with van der Waals surface area (Å²) in [6.07, 6.45) is 3.39. The number of rotatable bonds is 1. The summed E-state index contributed by atoms with van der Waals surface area (Å²) in [6.45, 7) is 1.55. The van der Waals surface area contributed by atoms with Gasteiger partial charge in [0.05, 0.1) is 15.6 Å². The van der Waals surface area contributed by atoms with Crippen molar-refractivity contribution in [2.75, 3.05) is 13.1 Å². The zero-order valence-corrected chi connectivity index (χ0v) is 13.3. The lowest BCUT2D eigenvalue weighted by molar-refractivity contribution is 0.0748. The Balaban J connectivity index is 0.00000147. The summed E-state index contributed by atoms with van der Waals surface area (Å²) in [5, 5.41) is 4.35. The standard InChI is InChI=1S/C14H16Cl2N2O.ClH/c15-12-3-1-2-11(13(12)16)14(19)18-7-6-9-4-5-10(8-18)17-9;/h1-3,9-10,17H,4-8H2;1H. The first-order valence-electron chi connectivity index (χ1n) is 6.64. The highest BCUT2D eigenvalue weighted by atomic mass is 35.5. The second-order valence-electron chi connectivity index (χ2n) is 5.28. The highest BCUT2D eigenvalue weighted by Crippen LogP contribution is 2.28. The van der Waals surface area contributed by atoms with Crippen LogP contribution in [-0.4, -0.2) is 36.0 Å². The molecule has 2 unspecified atom stereocenters. The summed E-state index contributed by atoms with van der Waals surface area (Å²) in [5.41, 5.74) is 0.506. The number of benzene rings is 1. The Morgan fingerprint density at radius 1 is 1.20 bits per heavy atom. The number of nitrogens with one attached hydrogen (secondary N) is 1. The Morgan fingerprint density at radius 3 is 2.75 bits per heavy atom. The van der Waals surface area contributed by atoms with Gasteiger partial charge in [-0.05, 0) is 31.4 Å². The molecule has 0 radical (unpaired) electrons. The van der Waals surface area contributed by atoms with Gasteiger partial charge in [-0.3, -0.25) is 4.79 Å². The van der Waals surface area contributed by atoms with Gasteiger partial charge in [-0.25, -0.2) is 0 Å². The van der Waals surface area contributed by atoms with Crippen molar-refractivity contribution in [3.63, 3.8) is 0 Å². The van der Waals surface area contributed by atoms with Gasteiger partial charge >= 0.3 is 0 Å². The molecule has 3 rings (SSSR count). The van der Waals surface area contributed by atoms with Gasteiger partial charge in [0.1, 0.15) is 0 Å². The van der Waals surface area contributed by atoms with Crippen LogP contribution in [0.5, 0.6) is 0 Å². The smallest absolute Gasteiger partial charge is 0.255 e. The number of nitrogens with zero attached hydrogens (tertiary/aromatic N) is 1. The van der Waals surface area contributed by atoms with Crippen molar-refractivity contribution >= 4 is 41.5 Å². The van der Waals surface area contributed by atoms with Crippen LogP contribution in [0.3, 0.4) is 0 Å². The van der Waals surface area contributed by atoms with Crippen molar-refractivity contribution in [1.82, 2.24) is 10.2 Å². The van der Waals surface area contributed by atoms with Crippen molar-refractivity contribution in [3.8, 4) is 0 Å². The van der Waals surface area contributed by atoms with Crippen molar-refractivity contribution in [2.45, 2.75) is 31.3 Å². The van der Waals surface area contributed by atoms with Gasteiger partial charge in [0, 0.05) is 25.2 Å². The second kappa shape index (κ2) is 6.52. The number of carbonyl (C=O) groups excluding carboxylic acids is 1. The third-order valence-corrected chi connectivity index (χ3v) is 4.81. The topological polar surface area (TPSA) is 32.3 Å². The first-order valence-corrected chi connectivity index (χ1v) is 7.40. The molecule has 2 bridgehead atoms. The molecule has 2 fully saturated rings. The molecular weight excluding hydrogens is 319 g/mol. The maximum atomic E-state index is 12.6. The van der Waals surface area contributed by atoms with E-state index in [1.165, 1.54) is 6.42 Å². The van der Waals surface area contributed by atoms with Gasteiger partial charge in [0.25, 0.3) is 5.91 Å². The highest BCUT2D eigenvalue weighted by molar-refractivity contribution is 6.43. The summed E-state index contributed by atoms with van der Waals surface area (Å²) in [4.78, 5) is 14.5. The number of hydrogen-bond donors (Lipinski definition) is 1. The molecule has 3 nitrogen and oxygen atoms in total. The summed E-state index contributed by atoms with van der Waals surface area (Å²) in [7, 11) is 0. The number of fused-ring (bicyclic) bond motifs is 2. The Morgan fingerprint density at radius 2 is 1.95 bits per heavy atom. The molecule has 2 aliphatic heterocycles. The molecule has 0 spiro atoms. The van der Waals surface area contributed by atoms with E-state index in [0.29, 0.717) is 27.7 Å². The summed E-state index contributed by atoms with van der Waals surface area (Å²) in [5.74, 6) is -0.0122. The Bertz CT molecular complexity index is 509. The van der Waals surface area contributed by atoms with Crippen LogP contribution in [-0.2, 0) is 0 Å². The molecule has 6 heteroatoms. The SMILES string of the molecule is Cl.O=C(c1cccc(Cl)c1Cl)N1CCC2CCC(C1)N2. The van der Waals surface area contributed by atoms with E-state index in [-0.39, 0.29) is 18.3 Å². The van der Waals surface area contributed by atoms with E-state index >= 15 is 0 Å². The van der Waals surface area contributed by atoms with E-state index in [9.17, 15) is 4.79 Å². The molecule has 2 saturated heterocycles. The lowest BCUT2D eigenvalue weighted by Gasteiger charge is -2.24. The highest BCUT2D eigenvalue weighted by Gasteiger charge is 2.32. The van der Waals surface area contributed by atoms with Crippen LogP contribution < -0.4 is 5.32 Å². The molecular formula is C14H17Cl3N2O. The van der Waals surface area contributed by atoms with Gasteiger partial charge in [-0.2, -0.15) is 0 Å². The normalized spacial score (nSPS) is 25.0. The fraction of sp³-hybridized carbons (Fsp3) is 0.500. The maximum absolute atomic E-state index is 12.6. The summed E-state index contributed by atoms with van der Waals surface area (Å²) in [6, 6.07) is 6.20. The zero-order valence-electron chi connectivity index (χ0n) is 10.9. The van der Waals surface area contributed by atoms with Crippen LogP contribution in [0.15, 0.2) is 18.2 Å². The van der Waals surface area contributed by atoms with E-state index in [1.807, 2.05) is 4.90 Å². The Kier molecular flexibility index (Phi) is 5.19.